The van der Waals surface area contributed by atoms with Gasteiger partial charge >= 0.3 is 0 Å². The molecule has 3 heterocycles. The monoisotopic (exact) mass is 503 g/mol. The van der Waals surface area contributed by atoms with Crippen LogP contribution < -0.4 is 4.90 Å². The van der Waals surface area contributed by atoms with Crippen LogP contribution in [0.25, 0.3) is 43.7 Å². The Balaban J connectivity index is 1.39. The topological polar surface area (TPSA) is 29.0 Å². The van der Waals surface area contributed by atoms with Crippen molar-refractivity contribution in [1.82, 2.24) is 9.97 Å². The average molecular weight is 504 g/mol. The number of para-hydroxylation sites is 2. The minimum absolute atomic E-state index is 0.912. The molecule has 38 heavy (non-hydrogen) atoms. The quantitative estimate of drug-likeness (QED) is 0.220. The lowest BCUT2D eigenvalue weighted by Gasteiger charge is -2.33. The van der Waals surface area contributed by atoms with Crippen molar-refractivity contribution in [1.29, 1.82) is 0 Å². The summed E-state index contributed by atoms with van der Waals surface area (Å²) in [7, 11) is 0. The van der Waals surface area contributed by atoms with Crippen molar-refractivity contribution in [2.75, 3.05) is 4.90 Å². The molecule has 2 aromatic heterocycles. The number of aromatic nitrogens is 2. The fraction of sp³-hybridized carbons (Fsp3) is 0. The van der Waals surface area contributed by atoms with E-state index in [-0.39, 0.29) is 0 Å². The van der Waals surface area contributed by atoms with Gasteiger partial charge in [0.2, 0.25) is 0 Å². The Labute approximate surface area is 224 Å². The largest absolute Gasteiger partial charge is 0.307 e. The first kappa shape index (κ1) is 21.4. The van der Waals surface area contributed by atoms with Crippen LogP contribution >= 0.6 is 11.8 Å². The van der Waals surface area contributed by atoms with Crippen molar-refractivity contribution in [3.8, 4) is 11.1 Å². The smallest absolute Gasteiger partial charge is 0.0985 e. The van der Waals surface area contributed by atoms with Gasteiger partial charge in [-0.2, -0.15) is 0 Å². The van der Waals surface area contributed by atoms with E-state index in [1.54, 1.807) is 0 Å². The van der Waals surface area contributed by atoms with Crippen molar-refractivity contribution in [2.45, 2.75) is 9.79 Å². The van der Waals surface area contributed by atoms with Crippen LogP contribution in [0.1, 0.15) is 0 Å². The van der Waals surface area contributed by atoms with Crippen LogP contribution in [0.15, 0.2) is 137 Å². The predicted molar refractivity (Wildman–Crippen MR) is 159 cm³/mol. The minimum Gasteiger partial charge on any atom is -0.307 e. The molecule has 0 fully saturated rings. The van der Waals surface area contributed by atoms with E-state index < -0.39 is 0 Å². The second-order valence-electron chi connectivity index (χ2n) is 9.45. The molecular weight excluding hydrogens is 482 g/mol. The third-order valence-corrected chi connectivity index (χ3v) is 8.48. The van der Waals surface area contributed by atoms with Gasteiger partial charge in [-0.25, -0.2) is 0 Å². The van der Waals surface area contributed by atoms with E-state index >= 15 is 0 Å². The van der Waals surface area contributed by atoms with Crippen LogP contribution in [0.2, 0.25) is 0 Å². The van der Waals surface area contributed by atoms with Crippen molar-refractivity contribution < 1.29 is 0 Å². The Morgan fingerprint density at radius 3 is 1.87 bits per heavy atom. The SMILES string of the molecule is c1ccc2c(c1)Sc1ccccc1N2c1ccnc2c1ccc1c(-c3cccc4ccccc34)ccnc12. The highest BCUT2D eigenvalue weighted by Crippen LogP contribution is 2.52. The molecule has 8 rings (SSSR count). The number of benzene rings is 5. The van der Waals surface area contributed by atoms with E-state index in [0.29, 0.717) is 0 Å². The molecule has 3 nitrogen and oxygen atoms in total. The lowest BCUT2D eigenvalue weighted by molar-refractivity contribution is 1.17. The summed E-state index contributed by atoms with van der Waals surface area (Å²) in [5.74, 6) is 0. The van der Waals surface area contributed by atoms with Crippen LogP contribution in [-0.2, 0) is 0 Å². The van der Waals surface area contributed by atoms with Crippen LogP contribution in [-0.4, -0.2) is 9.97 Å². The lowest BCUT2D eigenvalue weighted by atomic mass is 9.95. The van der Waals surface area contributed by atoms with Crippen molar-refractivity contribution in [3.05, 3.63) is 128 Å². The molecule has 1 aliphatic rings. The molecule has 0 atom stereocenters. The number of pyridine rings is 2. The van der Waals surface area contributed by atoms with E-state index in [9.17, 15) is 0 Å². The summed E-state index contributed by atoms with van der Waals surface area (Å²) < 4.78 is 0. The second-order valence-corrected chi connectivity index (χ2v) is 10.5. The van der Waals surface area contributed by atoms with E-state index in [1.807, 2.05) is 24.2 Å². The van der Waals surface area contributed by atoms with Crippen molar-refractivity contribution >= 4 is 61.4 Å². The molecular formula is C34H21N3S. The molecule has 0 spiro atoms. The maximum absolute atomic E-state index is 4.88. The van der Waals surface area contributed by atoms with Gasteiger partial charge in [0, 0.05) is 33.0 Å². The number of fused-ring (bicyclic) bond motifs is 6. The maximum atomic E-state index is 4.88. The van der Waals surface area contributed by atoms with E-state index in [1.165, 1.54) is 43.1 Å². The Bertz CT molecular complexity index is 1980. The Morgan fingerprint density at radius 2 is 1.05 bits per heavy atom. The van der Waals surface area contributed by atoms with Gasteiger partial charge in [0.15, 0.2) is 0 Å². The fourth-order valence-electron chi connectivity index (χ4n) is 5.67. The highest BCUT2D eigenvalue weighted by Gasteiger charge is 2.26. The number of hydrogen-bond donors (Lipinski definition) is 0. The van der Waals surface area contributed by atoms with Crippen LogP contribution in [0, 0.1) is 0 Å². The summed E-state index contributed by atoms with van der Waals surface area (Å²) in [6.07, 6.45) is 3.83. The molecule has 0 radical (unpaired) electrons. The van der Waals surface area contributed by atoms with E-state index in [0.717, 1.165) is 27.5 Å². The summed E-state index contributed by atoms with van der Waals surface area (Å²) in [6, 6.07) is 40.9. The van der Waals surface area contributed by atoms with Gasteiger partial charge in [0.25, 0.3) is 0 Å². The molecule has 0 saturated heterocycles. The molecule has 5 aromatic carbocycles. The molecule has 4 heteroatoms. The highest BCUT2D eigenvalue weighted by molar-refractivity contribution is 7.99. The van der Waals surface area contributed by atoms with Crippen molar-refractivity contribution in [3.63, 3.8) is 0 Å². The third kappa shape index (κ3) is 3.17. The van der Waals surface area contributed by atoms with Crippen LogP contribution in [0.5, 0.6) is 0 Å². The van der Waals surface area contributed by atoms with Gasteiger partial charge in [-0.15, -0.1) is 0 Å². The minimum atomic E-state index is 0.912. The summed E-state index contributed by atoms with van der Waals surface area (Å²) in [5.41, 5.74) is 7.68. The first-order valence-electron chi connectivity index (χ1n) is 12.7. The number of hydrogen-bond acceptors (Lipinski definition) is 4. The third-order valence-electron chi connectivity index (χ3n) is 7.35. The van der Waals surface area contributed by atoms with Crippen LogP contribution in [0.4, 0.5) is 17.1 Å². The normalized spacial score (nSPS) is 12.6. The number of anilines is 3. The van der Waals surface area contributed by atoms with Crippen molar-refractivity contribution in [2.24, 2.45) is 0 Å². The summed E-state index contributed by atoms with van der Waals surface area (Å²) in [4.78, 5) is 14.6. The molecule has 7 aromatic rings. The molecule has 0 aliphatic carbocycles. The van der Waals surface area contributed by atoms with Gasteiger partial charge in [-0.3, -0.25) is 9.97 Å². The second kappa shape index (κ2) is 8.44. The van der Waals surface area contributed by atoms with Crippen LogP contribution in [0.3, 0.4) is 0 Å². The number of rotatable bonds is 2. The van der Waals surface area contributed by atoms with E-state index in [4.69, 9.17) is 9.97 Å². The molecule has 178 valence electrons. The maximum Gasteiger partial charge on any atom is 0.0985 e. The fourth-order valence-corrected chi connectivity index (χ4v) is 6.73. The standard InChI is InChI=1S/C34H21N3S/c1-2-10-23-22(8-1)9-7-11-24(23)25-18-20-35-33-26(25)16-17-27-28(19-21-36-34(27)33)37-29-12-3-5-14-31(29)38-32-15-6-4-13-30(32)37/h1-21H. The number of nitrogens with zero attached hydrogens (tertiary/aromatic N) is 3. The molecule has 0 saturated carbocycles. The summed E-state index contributed by atoms with van der Waals surface area (Å²) in [5, 5.41) is 4.66. The van der Waals surface area contributed by atoms with Gasteiger partial charge < -0.3 is 4.90 Å². The first-order chi connectivity index (χ1) is 18.9. The van der Waals surface area contributed by atoms with Gasteiger partial charge in [0.1, 0.15) is 0 Å². The zero-order valence-corrected chi connectivity index (χ0v) is 21.2. The Morgan fingerprint density at radius 1 is 0.447 bits per heavy atom. The van der Waals surface area contributed by atoms with Gasteiger partial charge in [-0.1, -0.05) is 84.6 Å². The lowest BCUT2D eigenvalue weighted by Crippen LogP contribution is -2.15. The first-order valence-corrected chi connectivity index (χ1v) is 13.5. The molecule has 0 N–H and O–H groups in total. The Kier molecular flexibility index (Phi) is 4.76. The summed E-state index contributed by atoms with van der Waals surface area (Å²) >= 11 is 1.82. The molecule has 1 aliphatic heterocycles. The summed E-state index contributed by atoms with van der Waals surface area (Å²) in [6.45, 7) is 0. The molecule has 0 amide bonds. The zero-order chi connectivity index (χ0) is 25.1. The highest BCUT2D eigenvalue weighted by atomic mass is 32.2. The molecule has 0 bridgehead atoms. The average Bonchev–Trinajstić information content (AvgIpc) is 2.99. The molecule has 0 unspecified atom stereocenters. The predicted octanol–water partition coefficient (Wildman–Crippen LogP) is 9.54. The Hall–Kier alpha value is -4.67. The van der Waals surface area contributed by atoms with Gasteiger partial charge in [-0.05, 0) is 64.4 Å². The zero-order valence-electron chi connectivity index (χ0n) is 20.4. The van der Waals surface area contributed by atoms with Gasteiger partial charge in [0.05, 0.1) is 28.1 Å². The van der Waals surface area contributed by atoms with E-state index in [2.05, 4.69) is 120 Å².